The minimum absolute atomic E-state index is 0.0726. The molecule has 230 valence electrons. The van der Waals surface area contributed by atoms with Gasteiger partial charge in [0, 0.05) is 12.0 Å². The molecule has 0 N–H and O–H groups in total. The Kier molecular flexibility index (Phi) is 19.0. The van der Waals surface area contributed by atoms with Crippen molar-refractivity contribution in [2.24, 2.45) is 0 Å². The van der Waals surface area contributed by atoms with Crippen LogP contribution < -0.4 is 4.74 Å². The van der Waals surface area contributed by atoms with E-state index in [0.717, 1.165) is 55.4 Å². The second-order valence-electron chi connectivity index (χ2n) is 12.4. The zero-order valence-electron chi connectivity index (χ0n) is 26.7. The molecular weight excluding hydrogens is 506 g/mol. The number of unbranched alkanes of at least 4 members (excludes halogenated alkanes) is 12. The summed E-state index contributed by atoms with van der Waals surface area (Å²) in [5, 5.41) is 0. The van der Waals surface area contributed by atoms with Gasteiger partial charge in [-0.2, -0.15) is 0 Å². The molecule has 0 amide bonds. The number of esters is 1. The quantitative estimate of drug-likeness (QED) is 0.0682. The second kappa shape index (κ2) is 22.3. The molecule has 0 aliphatic rings. The van der Waals surface area contributed by atoms with E-state index < -0.39 is 0 Å². The second-order valence-corrected chi connectivity index (χ2v) is 12.4. The highest BCUT2D eigenvalue weighted by Crippen LogP contribution is 2.21. The average Bonchev–Trinajstić information content (AvgIpc) is 2.97. The van der Waals surface area contributed by atoms with Gasteiger partial charge in [0.05, 0.1) is 33.9 Å². The molecule has 2 aromatic carbocycles. The van der Waals surface area contributed by atoms with Gasteiger partial charge in [0.15, 0.2) is 0 Å². The minimum atomic E-state index is -0.0726. The summed E-state index contributed by atoms with van der Waals surface area (Å²) >= 11 is 0. The molecule has 0 saturated carbocycles. The summed E-state index contributed by atoms with van der Waals surface area (Å²) in [6, 6.07) is 19.1. The van der Waals surface area contributed by atoms with Crippen LogP contribution in [0.4, 0.5) is 0 Å². The van der Waals surface area contributed by atoms with E-state index in [4.69, 9.17) is 9.47 Å². The first-order chi connectivity index (χ1) is 20.0. The Balaban J connectivity index is 1.46. The smallest absolute Gasteiger partial charge is 0.305 e. The SMILES string of the molecule is CCCCCCCCCCCCCc1ccccc1OCCCCOC(=O)CCCC[N+](C)(C)Cc1ccccc1. The molecule has 0 spiro atoms. The van der Waals surface area contributed by atoms with Crippen molar-refractivity contribution in [1.29, 1.82) is 0 Å². The summed E-state index contributed by atoms with van der Waals surface area (Å²) in [6.07, 6.45) is 20.3. The molecule has 4 heteroatoms. The molecule has 0 atom stereocenters. The summed E-state index contributed by atoms with van der Waals surface area (Å²) in [7, 11) is 4.51. The van der Waals surface area contributed by atoms with Crippen molar-refractivity contribution in [3.63, 3.8) is 0 Å². The van der Waals surface area contributed by atoms with Gasteiger partial charge in [-0.05, 0) is 50.2 Å². The van der Waals surface area contributed by atoms with Crippen molar-refractivity contribution in [2.75, 3.05) is 33.9 Å². The fraction of sp³-hybridized carbons (Fsp3) is 0.649. The van der Waals surface area contributed by atoms with Gasteiger partial charge in [-0.15, -0.1) is 0 Å². The van der Waals surface area contributed by atoms with Crippen LogP contribution in [-0.4, -0.2) is 44.3 Å². The maximum atomic E-state index is 12.1. The van der Waals surface area contributed by atoms with Crippen molar-refractivity contribution in [3.05, 3.63) is 65.7 Å². The molecule has 0 fully saturated rings. The number of nitrogens with zero attached hydrogens (tertiary/aromatic N) is 1. The van der Waals surface area contributed by atoms with E-state index in [1.807, 2.05) is 0 Å². The van der Waals surface area contributed by atoms with E-state index in [9.17, 15) is 4.79 Å². The predicted molar refractivity (Wildman–Crippen MR) is 173 cm³/mol. The number of rotatable bonds is 25. The normalized spacial score (nSPS) is 11.5. The number of benzene rings is 2. The third-order valence-corrected chi connectivity index (χ3v) is 7.93. The molecule has 2 aromatic rings. The molecular formula is C37H60NO3+. The van der Waals surface area contributed by atoms with Gasteiger partial charge in [0.2, 0.25) is 0 Å². The first-order valence-corrected chi connectivity index (χ1v) is 16.7. The number of quaternary nitrogens is 1. The van der Waals surface area contributed by atoms with Gasteiger partial charge < -0.3 is 14.0 Å². The van der Waals surface area contributed by atoms with Crippen LogP contribution in [0.1, 0.15) is 121 Å². The monoisotopic (exact) mass is 566 g/mol. The summed E-state index contributed by atoms with van der Waals surface area (Å²) < 4.78 is 12.5. The number of aryl methyl sites for hydroxylation is 1. The molecule has 0 heterocycles. The van der Waals surface area contributed by atoms with Crippen LogP contribution in [0, 0.1) is 0 Å². The standard InChI is InChI=1S/C37H60NO3/c1-4-5-6-7-8-9-10-11-12-13-17-26-35-27-18-19-28-36(35)40-31-22-23-32-41-37(39)29-20-21-30-38(2,3)33-34-24-15-14-16-25-34/h14-16,18-19,24-25,27-28H,4-13,17,20-23,26,29-33H2,1-3H3/q+1. The molecule has 0 unspecified atom stereocenters. The van der Waals surface area contributed by atoms with Crippen LogP contribution in [-0.2, 0) is 22.5 Å². The average molecular weight is 567 g/mol. The Bertz CT molecular complexity index is 911. The Morgan fingerprint density at radius 1 is 0.659 bits per heavy atom. The Morgan fingerprint density at radius 3 is 1.98 bits per heavy atom. The van der Waals surface area contributed by atoms with Gasteiger partial charge in [-0.25, -0.2) is 0 Å². The maximum Gasteiger partial charge on any atom is 0.305 e. The van der Waals surface area contributed by atoms with Crippen LogP contribution in [0.15, 0.2) is 54.6 Å². The number of carbonyl (C=O) groups excluding carboxylic acids is 1. The molecule has 0 aliphatic heterocycles. The van der Waals surface area contributed by atoms with Crippen LogP contribution in [0.25, 0.3) is 0 Å². The lowest BCUT2D eigenvalue weighted by atomic mass is 10.0. The topological polar surface area (TPSA) is 35.5 Å². The summed E-state index contributed by atoms with van der Waals surface area (Å²) in [6.45, 7) is 5.50. The van der Waals surface area contributed by atoms with Gasteiger partial charge in [0.25, 0.3) is 0 Å². The van der Waals surface area contributed by atoms with Crippen LogP contribution in [0.5, 0.6) is 5.75 Å². The molecule has 41 heavy (non-hydrogen) atoms. The number of hydrogen-bond donors (Lipinski definition) is 0. The van der Waals surface area contributed by atoms with E-state index in [1.165, 1.54) is 81.8 Å². The van der Waals surface area contributed by atoms with E-state index in [0.29, 0.717) is 19.6 Å². The first-order valence-electron chi connectivity index (χ1n) is 16.7. The molecule has 4 nitrogen and oxygen atoms in total. The van der Waals surface area contributed by atoms with Crippen LogP contribution in [0.3, 0.4) is 0 Å². The molecule has 0 aromatic heterocycles. The Labute approximate surface area is 252 Å². The highest BCUT2D eigenvalue weighted by molar-refractivity contribution is 5.69. The summed E-state index contributed by atoms with van der Waals surface area (Å²) in [5.74, 6) is 0.946. The van der Waals surface area contributed by atoms with Crippen molar-refractivity contribution < 1.29 is 18.8 Å². The molecule has 2 rings (SSSR count). The van der Waals surface area contributed by atoms with Gasteiger partial charge in [-0.3, -0.25) is 4.79 Å². The lowest BCUT2D eigenvalue weighted by Crippen LogP contribution is -2.39. The highest BCUT2D eigenvalue weighted by Gasteiger charge is 2.15. The van der Waals surface area contributed by atoms with Gasteiger partial charge >= 0.3 is 5.97 Å². The molecule has 0 bridgehead atoms. The lowest BCUT2D eigenvalue weighted by molar-refractivity contribution is -0.903. The van der Waals surface area contributed by atoms with E-state index in [2.05, 4.69) is 75.6 Å². The van der Waals surface area contributed by atoms with Crippen molar-refractivity contribution in [3.8, 4) is 5.75 Å². The molecule has 0 aliphatic carbocycles. The largest absolute Gasteiger partial charge is 0.493 e. The lowest BCUT2D eigenvalue weighted by Gasteiger charge is -2.30. The van der Waals surface area contributed by atoms with Crippen LogP contribution in [0.2, 0.25) is 0 Å². The summed E-state index contributed by atoms with van der Waals surface area (Å²) in [4.78, 5) is 12.1. The highest BCUT2D eigenvalue weighted by atomic mass is 16.5. The maximum absolute atomic E-state index is 12.1. The summed E-state index contributed by atoms with van der Waals surface area (Å²) in [5.41, 5.74) is 2.68. The van der Waals surface area contributed by atoms with Crippen molar-refractivity contribution >= 4 is 5.97 Å². The fourth-order valence-electron chi connectivity index (χ4n) is 5.44. The zero-order chi connectivity index (χ0) is 29.4. The number of para-hydroxylation sites is 1. The van der Waals surface area contributed by atoms with Crippen molar-refractivity contribution in [2.45, 2.75) is 123 Å². The number of carbonyl (C=O) groups is 1. The third-order valence-electron chi connectivity index (χ3n) is 7.93. The van der Waals surface area contributed by atoms with Crippen LogP contribution >= 0.6 is 0 Å². The zero-order valence-corrected chi connectivity index (χ0v) is 26.7. The number of hydrogen-bond acceptors (Lipinski definition) is 3. The minimum Gasteiger partial charge on any atom is -0.493 e. The van der Waals surface area contributed by atoms with Gasteiger partial charge in [-0.1, -0.05) is 120 Å². The predicted octanol–water partition coefficient (Wildman–Crippen LogP) is 9.69. The van der Waals surface area contributed by atoms with E-state index in [1.54, 1.807) is 0 Å². The Morgan fingerprint density at radius 2 is 1.27 bits per heavy atom. The Hall–Kier alpha value is -2.33. The molecule has 0 saturated heterocycles. The first kappa shape index (κ1) is 34.9. The number of ether oxygens (including phenoxy) is 2. The fourth-order valence-corrected chi connectivity index (χ4v) is 5.44. The van der Waals surface area contributed by atoms with Gasteiger partial charge in [0.1, 0.15) is 12.3 Å². The van der Waals surface area contributed by atoms with E-state index in [-0.39, 0.29) is 5.97 Å². The van der Waals surface area contributed by atoms with Crippen molar-refractivity contribution in [1.82, 2.24) is 0 Å². The van der Waals surface area contributed by atoms with E-state index >= 15 is 0 Å². The third kappa shape index (κ3) is 18.0. The molecule has 0 radical (unpaired) electrons.